The number of ether oxygens (including phenoxy) is 3. The zero-order valence-corrected chi connectivity index (χ0v) is 21.6. The molecule has 5 rings (SSSR count). The van der Waals surface area contributed by atoms with Crippen LogP contribution < -0.4 is 14.8 Å². The van der Waals surface area contributed by atoms with Crippen molar-refractivity contribution in [2.24, 2.45) is 0 Å². The normalized spacial score (nSPS) is 14.6. The number of H-pyrrole nitrogens is 2. The van der Waals surface area contributed by atoms with Crippen LogP contribution in [0, 0.1) is 0 Å². The number of methoxy groups -OCH3 is 1. The summed E-state index contributed by atoms with van der Waals surface area (Å²) in [6.45, 7) is 10.1. The van der Waals surface area contributed by atoms with Crippen molar-refractivity contribution in [2.75, 3.05) is 38.7 Å². The number of anilines is 1. The van der Waals surface area contributed by atoms with Crippen LogP contribution in [0.1, 0.15) is 36.7 Å². The first-order valence-electron chi connectivity index (χ1n) is 12.3. The molecule has 10 nitrogen and oxygen atoms in total. The number of morpholine rings is 1. The molecule has 0 bridgehead atoms. The Kier molecular flexibility index (Phi) is 6.86. The first-order valence-corrected chi connectivity index (χ1v) is 12.3. The lowest BCUT2D eigenvalue weighted by molar-refractivity contribution is 0.0342. The lowest BCUT2D eigenvalue weighted by Gasteiger charge is -2.26. The number of hydrogen-bond donors (Lipinski definition) is 3. The third kappa shape index (κ3) is 5.76. The van der Waals surface area contributed by atoms with Crippen molar-refractivity contribution >= 4 is 22.6 Å². The van der Waals surface area contributed by atoms with E-state index in [9.17, 15) is 4.79 Å². The third-order valence-electron chi connectivity index (χ3n) is 6.01. The average molecular weight is 505 g/mol. The number of nitrogens with zero attached hydrogens (tertiary/aromatic N) is 3. The summed E-state index contributed by atoms with van der Waals surface area (Å²) in [7, 11) is 1.53. The van der Waals surface area contributed by atoms with Crippen LogP contribution in [-0.2, 0) is 11.3 Å². The summed E-state index contributed by atoms with van der Waals surface area (Å²) in [5, 5.41) is 10.1. The lowest BCUT2D eigenvalue weighted by Crippen LogP contribution is -2.35. The zero-order valence-electron chi connectivity index (χ0n) is 21.6. The van der Waals surface area contributed by atoms with Crippen molar-refractivity contribution in [2.45, 2.75) is 32.9 Å². The second-order valence-corrected chi connectivity index (χ2v) is 10.0. The minimum Gasteiger partial charge on any atom is -0.496 e. The molecule has 1 aliphatic rings. The third-order valence-corrected chi connectivity index (χ3v) is 6.01. The molecule has 1 amide bonds. The van der Waals surface area contributed by atoms with Gasteiger partial charge in [0.25, 0.3) is 5.91 Å². The lowest BCUT2D eigenvalue weighted by atomic mass is 10.1. The van der Waals surface area contributed by atoms with Crippen LogP contribution in [0.3, 0.4) is 0 Å². The summed E-state index contributed by atoms with van der Waals surface area (Å²) in [4.78, 5) is 23.7. The maximum Gasteiger partial charge on any atom is 0.259 e. The molecule has 0 spiro atoms. The Morgan fingerprint density at radius 3 is 2.73 bits per heavy atom. The Bertz CT molecular complexity index is 1400. The van der Waals surface area contributed by atoms with Gasteiger partial charge in [-0.25, -0.2) is 4.98 Å². The van der Waals surface area contributed by atoms with Crippen LogP contribution in [0.15, 0.2) is 42.6 Å². The number of nitrogens with one attached hydrogen (secondary N) is 3. The van der Waals surface area contributed by atoms with Gasteiger partial charge in [0, 0.05) is 25.8 Å². The van der Waals surface area contributed by atoms with E-state index in [1.165, 1.54) is 12.7 Å². The van der Waals surface area contributed by atoms with Gasteiger partial charge >= 0.3 is 0 Å². The minimum absolute atomic E-state index is 0.345. The maximum atomic E-state index is 13.3. The molecule has 0 radical (unpaired) electrons. The van der Waals surface area contributed by atoms with Crippen molar-refractivity contribution in [1.82, 2.24) is 25.1 Å². The first kappa shape index (κ1) is 24.8. The van der Waals surface area contributed by atoms with E-state index in [0.29, 0.717) is 34.3 Å². The highest BCUT2D eigenvalue weighted by Crippen LogP contribution is 2.30. The van der Waals surface area contributed by atoms with Gasteiger partial charge in [-0.1, -0.05) is 6.07 Å². The standard InChI is InChI=1S/C27H32N6O4/c1-27(2,3)37-18-6-8-23(35-4)19(14-18)26(34)31-22-15-28-32-24(22)25-29-20-7-5-17(13-21(20)30-25)16-33-9-11-36-12-10-33/h5-8,13-15H,9-12,16H2,1-4H3,(H,28,32)(H,29,30)(H,31,34). The maximum absolute atomic E-state index is 13.3. The Morgan fingerprint density at radius 2 is 1.97 bits per heavy atom. The highest BCUT2D eigenvalue weighted by atomic mass is 16.5. The molecule has 0 unspecified atom stereocenters. The predicted octanol–water partition coefficient (Wildman–Crippen LogP) is 4.22. The van der Waals surface area contributed by atoms with Gasteiger partial charge in [-0.05, 0) is 56.7 Å². The molecule has 2 aromatic carbocycles. The summed E-state index contributed by atoms with van der Waals surface area (Å²) >= 11 is 0. The number of benzene rings is 2. The molecule has 1 saturated heterocycles. The van der Waals surface area contributed by atoms with E-state index < -0.39 is 5.60 Å². The molecule has 4 aromatic rings. The van der Waals surface area contributed by atoms with E-state index in [1.54, 1.807) is 24.4 Å². The molecule has 0 atom stereocenters. The van der Waals surface area contributed by atoms with E-state index in [1.807, 2.05) is 26.8 Å². The van der Waals surface area contributed by atoms with Crippen molar-refractivity contribution in [3.8, 4) is 23.0 Å². The topological polar surface area (TPSA) is 117 Å². The number of aromatic amines is 2. The van der Waals surface area contributed by atoms with Crippen molar-refractivity contribution in [3.63, 3.8) is 0 Å². The number of imidazole rings is 1. The summed E-state index contributed by atoms with van der Waals surface area (Å²) in [5.41, 5.74) is 3.90. The van der Waals surface area contributed by atoms with Crippen LogP contribution in [0.4, 0.5) is 5.69 Å². The molecule has 194 valence electrons. The summed E-state index contributed by atoms with van der Waals surface area (Å²) in [5.74, 6) is 1.24. The molecule has 1 aliphatic heterocycles. The molecule has 0 aliphatic carbocycles. The largest absolute Gasteiger partial charge is 0.496 e. The van der Waals surface area contributed by atoms with Crippen LogP contribution in [0.25, 0.3) is 22.6 Å². The van der Waals surface area contributed by atoms with E-state index in [4.69, 9.17) is 19.2 Å². The minimum atomic E-state index is -0.399. The molecule has 0 saturated carbocycles. The Labute approximate surface area is 215 Å². The predicted molar refractivity (Wildman–Crippen MR) is 141 cm³/mol. The second-order valence-electron chi connectivity index (χ2n) is 10.0. The van der Waals surface area contributed by atoms with Gasteiger partial charge in [-0.3, -0.25) is 14.8 Å². The van der Waals surface area contributed by atoms with Crippen LogP contribution >= 0.6 is 0 Å². The molecule has 3 heterocycles. The van der Waals surface area contributed by atoms with Gasteiger partial charge in [0.05, 0.1) is 42.6 Å². The Hall–Kier alpha value is -3.89. The molecule has 2 aromatic heterocycles. The van der Waals surface area contributed by atoms with Crippen LogP contribution in [0.5, 0.6) is 11.5 Å². The van der Waals surface area contributed by atoms with Gasteiger partial charge in [-0.15, -0.1) is 0 Å². The van der Waals surface area contributed by atoms with Gasteiger partial charge in [0.2, 0.25) is 0 Å². The van der Waals surface area contributed by atoms with E-state index in [-0.39, 0.29) is 5.91 Å². The smallest absolute Gasteiger partial charge is 0.259 e. The van der Waals surface area contributed by atoms with Crippen molar-refractivity contribution in [1.29, 1.82) is 0 Å². The molecule has 1 fully saturated rings. The van der Waals surface area contributed by atoms with Crippen molar-refractivity contribution < 1.29 is 19.0 Å². The Morgan fingerprint density at radius 1 is 1.16 bits per heavy atom. The number of hydrogen-bond acceptors (Lipinski definition) is 7. The van der Waals surface area contributed by atoms with E-state index in [0.717, 1.165) is 43.9 Å². The number of amides is 1. The Balaban J connectivity index is 1.37. The van der Waals surface area contributed by atoms with Gasteiger partial charge in [0.1, 0.15) is 17.1 Å². The summed E-state index contributed by atoms with van der Waals surface area (Å²) in [6.07, 6.45) is 1.63. The number of aromatic nitrogens is 4. The van der Waals surface area contributed by atoms with Crippen LogP contribution in [-0.4, -0.2) is 70.0 Å². The van der Waals surface area contributed by atoms with E-state index in [2.05, 4.69) is 37.5 Å². The number of fused-ring (bicyclic) bond motifs is 1. The van der Waals surface area contributed by atoms with Gasteiger partial charge < -0.3 is 24.5 Å². The fourth-order valence-electron chi connectivity index (χ4n) is 4.32. The molecule has 10 heteroatoms. The molecule has 3 N–H and O–H groups in total. The van der Waals surface area contributed by atoms with Gasteiger partial charge in [0.15, 0.2) is 11.5 Å². The molecular weight excluding hydrogens is 472 g/mol. The van der Waals surface area contributed by atoms with Crippen molar-refractivity contribution in [3.05, 3.63) is 53.7 Å². The number of carbonyl (C=O) groups is 1. The monoisotopic (exact) mass is 504 g/mol. The molecule has 37 heavy (non-hydrogen) atoms. The highest BCUT2D eigenvalue weighted by Gasteiger charge is 2.21. The fourth-order valence-corrected chi connectivity index (χ4v) is 4.32. The van der Waals surface area contributed by atoms with Gasteiger partial charge in [-0.2, -0.15) is 5.10 Å². The quantitative estimate of drug-likeness (QED) is 0.345. The van der Waals surface area contributed by atoms with Crippen LogP contribution in [0.2, 0.25) is 0 Å². The average Bonchev–Trinajstić information content (AvgIpc) is 3.50. The second kappa shape index (κ2) is 10.2. The van der Waals surface area contributed by atoms with E-state index >= 15 is 0 Å². The zero-order chi connectivity index (χ0) is 26.0. The highest BCUT2D eigenvalue weighted by molar-refractivity contribution is 6.07. The molecular formula is C27H32N6O4. The first-order chi connectivity index (χ1) is 17.8. The summed E-state index contributed by atoms with van der Waals surface area (Å²) < 4.78 is 16.8. The SMILES string of the molecule is COc1ccc(OC(C)(C)C)cc1C(=O)Nc1c[nH]nc1-c1nc2cc(CN3CCOCC3)ccc2[nH]1. The summed E-state index contributed by atoms with van der Waals surface area (Å²) in [6, 6.07) is 11.4. The fraction of sp³-hybridized carbons (Fsp3) is 0.370. The number of rotatable bonds is 7. The number of carbonyl (C=O) groups excluding carboxylic acids is 1.